The Morgan fingerprint density at radius 1 is 1.40 bits per heavy atom. The SMILES string of the molecule is COc1cccc(N2CC(=O)CC2=O)n1. The largest absolute Gasteiger partial charge is 0.481 e. The van der Waals surface area contributed by atoms with Crippen LogP contribution < -0.4 is 9.64 Å². The van der Waals surface area contributed by atoms with Crippen LogP contribution in [0.2, 0.25) is 0 Å². The van der Waals surface area contributed by atoms with Gasteiger partial charge in [0.1, 0.15) is 5.82 Å². The second-order valence-electron chi connectivity index (χ2n) is 3.23. The number of pyridine rings is 1. The number of carbonyl (C=O) groups is 2. The van der Waals surface area contributed by atoms with Crippen molar-refractivity contribution in [1.82, 2.24) is 4.98 Å². The fourth-order valence-electron chi connectivity index (χ4n) is 1.46. The van der Waals surface area contributed by atoms with Gasteiger partial charge in [0.25, 0.3) is 0 Å². The van der Waals surface area contributed by atoms with Crippen molar-refractivity contribution in [3.8, 4) is 5.88 Å². The van der Waals surface area contributed by atoms with Crippen LogP contribution in [-0.2, 0) is 9.59 Å². The molecule has 5 nitrogen and oxygen atoms in total. The predicted molar refractivity (Wildman–Crippen MR) is 52.8 cm³/mol. The van der Waals surface area contributed by atoms with Crippen LogP contribution in [0.3, 0.4) is 0 Å². The van der Waals surface area contributed by atoms with E-state index in [1.807, 2.05) is 0 Å². The van der Waals surface area contributed by atoms with Crippen LogP contribution in [0.5, 0.6) is 5.88 Å². The normalized spacial score (nSPS) is 15.9. The fourth-order valence-corrected chi connectivity index (χ4v) is 1.46. The minimum atomic E-state index is -0.208. The van der Waals surface area contributed by atoms with Gasteiger partial charge in [-0.25, -0.2) is 0 Å². The molecule has 15 heavy (non-hydrogen) atoms. The highest BCUT2D eigenvalue weighted by Gasteiger charge is 2.29. The lowest BCUT2D eigenvalue weighted by molar-refractivity contribution is -0.121. The van der Waals surface area contributed by atoms with E-state index < -0.39 is 0 Å². The Hall–Kier alpha value is -1.91. The second kappa shape index (κ2) is 3.68. The molecule has 1 aliphatic rings. The molecule has 1 aliphatic heterocycles. The van der Waals surface area contributed by atoms with E-state index in [2.05, 4.69) is 4.98 Å². The summed E-state index contributed by atoms with van der Waals surface area (Å²) in [6, 6.07) is 5.10. The maximum Gasteiger partial charge on any atom is 0.236 e. The molecule has 78 valence electrons. The first-order valence-electron chi connectivity index (χ1n) is 4.54. The summed E-state index contributed by atoms with van der Waals surface area (Å²) in [5.74, 6) is 0.607. The van der Waals surface area contributed by atoms with E-state index in [0.717, 1.165) is 0 Å². The third-order valence-corrected chi connectivity index (χ3v) is 2.18. The van der Waals surface area contributed by atoms with E-state index in [1.165, 1.54) is 12.0 Å². The molecule has 0 unspecified atom stereocenters. The van der Waals surface area contributed by atoms with Gasteiger partial charge in [-0.2, -0.15) is 4.98 Å². The van der Waals surface area contributed by atoms with Crippen LogP contribution in [0.1, 0.15) is 6.42 Å². The molecule has 0 aromatic carbocycles. The Morgan fingerprint density at radius 3 is 2.80 bits per heavy atom. The lowest BCUT2D eigenvalue weighted by Gasteiger charge is -2.13. The second-order valence-corrected chi connectivity index (χ2v) is 3.23. The van der Waals surface area contributed by atoms with Gasteiger partial charge in [-0.15, -0.1) is 0 Å². The van der Waals surface area contributed by atoms with Crippen molar-refractivity contribution >= 4 is 17.5 Å². The van der Waals surface area contributed by atoms with Gasteiger partial charge in [0.15, 0.2) is 5.78 Å². The molecule has 1 fully saturated rings. The van der Waals surface area contributed by atoms with E-state index in [9.17, 15) is 9.59 Å². The molecule has 2 heterocycles. The summed E-state index contributed by atoms with van der Waals surface area (Å²) < 4.78 is 4.94. The van der Waals surface area contributed by atoms with Gasteiger partial charge in [0.2, 0.25) is 11.8 Å². The zero-order valence-corrected chi connectivity index (χ0v) is 8.27. The van der Waals surface area contributed by atoms with Gasteiger partial charge in [0.05, 0.1) is 20.1 Å². The van der Waals surface area contributed by atoms with E-state index in [0.29, 0.717) is 11.7 Å². The molecule has 2 rings (SSSR count). The van der Waals surface area contributed by atoms with Crippen LogP contribution >= 0.6 is 0 Å². The number of ketones is 1. The third kappa shape index (κ3) is 1.81. The number of nitrogens with zero attached hydrogens (tertiary/aromatic N) is 2. The molecule has 0 spiro atoms. The van der Waals surface area contributed by atoms with Gasteiger partial charge in [-0.1, -0.05) is 6.07 Å². The first-order chi connectivity index (χ1) is 7.20. The number of methoxy groups -OCH3 is 1. The molecule has 0 saturated carbocycles. The van der Waals surface area contributed by atoms with E-state index in [1.54, 1.807) is 18.2 Å². The smallest absolute Gasteiger partial charge is 0.236 e. The molecule has 1 aromatic heterocycles. The topological polar surface area (TPSA) is 59.5 Å². The monoisotopic (exact) mass is 206 g/mol. The number of rotatable bonds is 2. The van der Waals surface area contributed by atoms with Crippen molar-refractivity contribution in [2.24, 2.45) is 0 Å². The summed E-state index contributed by atoms with van der Waals surface area (Å²) in [4.78, 5) is 27.9. The Bertz CT molecular complexity index is 417. The standard InChI is InChI=1S/C10H10N2O3/c1-15-9-4-2-3-8(11-9)12-6-7(13)5-10(12)14/h2-4H,5-6H2,1H3. The summed E-state index contributed by atoms with van der Waals surface area (Å²) in [7, 11) is 1.50. The van der Waals surface area contributed by atoms with Crippen molar-refractivity contribution in [1.29, 1.82) is 0 Å². The molecule has 0 radical (unpaired) electrons. The Balaban J connectivity index is 2.29. The number of Topliss-reactive ketones (excluding diaryl/α,β-unsaturated/α-hetero) is 1. The summed E-state index contributed by atoms with van der Waals surface area (Å²) in [5, 5.41) is 0. The summed E-state index contributed by atoms with van der Waals surface area (Å²) in [5.41, 5.74) is 0. The van der Waals surface area contributed by atoms with Gasteiger partial charge in [-0.3, -0.25) is 14.5 Å². The molecule has 0 N–H and O–H groups in total. The minimum absolute atomic E-state index is 0.0289. The number of anilines is 1. The summed E-state index contributed by atoms with van der Waals surface area (Å²) >= 11 is 0. The van der Waals surface area contributed by atoms with E-state index in [-0.39, 0.29) is 24.7 Å². The average Bonchev–Trinajstić information content (AvgIpc) is 2.58. The predicted octanol–water partition coefficient (Wildman–Crippen LogP) is 0.396. The number of hydrogen-bond donors (Lipinski definition) is 0. The number of carbonyl (C=O) groups excluding carboxylic acids is 2. The van der Waals surface area contributed by atoms with Crippen LogP contribution in [0.25, 0.3) is 0 Å². The zero-order chi connectivity index (χ0) is 10.8. The van der Waals surface area contributed by atoms with Gasteiger partial charge in [-0.05, 0) is 6.07 Å². The molecule has 1 saturated heterocycles. The Morgan fingerprint density at radius 2 is 2.20 bits per heavy atom. The average molecular weight is 206 g/mol. The van der Waals surface area contributed by atoms with Gasteiger partial charge >= 0.3 is 0 Å². The number of ether oxygens (including phenoxy) is 1. The molecule has 1 amide bonds. The maximum atomic E-state index is 11.4. The quantitative estimate of drug-likeness (QED) is 0.657. The van der Waals surface area contributed by atoms with Crippen LogP contribution in [0.15, 0.2) is 18.2 Å². The minimum Gasteiger partial charge on any atom is -0.481 e. The van der Waals surface area contributed by atoms with E-state index in [4.69, 9.17) is 4.74 Å². The van der Waals surface area contributed by atoms with Crippen molar-refractivity contribution in [3.05, 3.63) is 18.2 Å². The van der Waals surface area contributed by atoms with Gasteiger partial charge < -0.3 is 4.74 Å². The third-order valence-electron chi connectivity index (χ3n) is 2.18. The van der Waals surface area contributed by atoms with Crippen LogP contribution in [0, 0.1) is 0 Å². The van der Waals surface area contributed by atoms with E-state index >= 15 is 0 Å². The van der Waals surface area contributed by atoms with Gasteiger partial charge in [0, 0.05) is 6.07 Å². The molecule has 1 aromatic rings. The number of hydrogen-bond acceptors (Lipinski definition) is 4. The first-order valence-corrected chi connectivity index (χ1v) is 4.54. The highest BCUT2D eigenvalue weighted by atomic mass is 16.5. The molecule has 0 bridgehead atoms. The highest BCUT2D eigenvalue weighted by molar-refractivity contribution is 6.14. The lowest BCUT2D eigenvalue weighted by atomic mass is 10.3. The summed E-state index contributed by atoms with van der Waals surface area (Å²) in [6.45, 7) is 0.110. The summed E-state index contributed by atoms with van der Waals surface area (Å²) in [6.07, 6.45) is -0.0289. The molecular weight excluding hydrogens is 196 g/mol. The number of aromatic nitrogens is 1. The Kier molecular flexibility index (Phi) is 2.37. The first kappa shape index (κ1) is 9.64. The van der Waals surface area contributed by atoms with Crippen LogP contribution in [-0.4, -0.2) is 30.3 Å². The van der Waals surface area contributed by atoms with Crippen molar-refractivity contribution in [3.63, 3.8) is 0 Å². The lowest BCUT2D eigenvalue weighted by Crippen LogP contribution is -2.25. The zero-order valence-electron chi connectivity index (χ0n) is 8.27. The van der Waals surface area contributed by atoms with Crippen molar-refractivity contribution in [2.75, 3.05) is 18.6 Å². The maximum absolute atomic E-state index is 11.4. The fraction of sp³-hybridized carbons (Fsp3) is 0.300. The molecule has 0 aliphatic carbocycles. The molecule has 5 heteroatoms. The van der Waals surface area contributed by atoms with Crippen molar-refractivity contribution < 1.29 is 14.3 Å². The van der Waals surface area contributed by atoms with Crippen LogP contribution in [0.4, 0.5) is 5.82 Å². The Labute approximate surface area is 86.7 Å². The molecular formula is C10H10N2O3. The molecule has 0 atom stereocenters. The highest BCUT2D eigenvalue weighted by Crippen LogP contribution is 2.19. The number of amides is 1. The van der Waals surface area contributed by atoms with Crippen molar-refractivity contribution in [2.45, 2.75) is 6.42 Å².